The van der Waals surface area contributed by atoms with Gasteiger partial charge >= 0.3 is 0 Å². The molecule has 250 valence electrons. The lowest BCUT2D eigenvalue weighted by atomic mass is 10.0. The number of nitrogens with two attached hydrogens (primary N) is 3. The molecule has 2 rings (SSSR count). The van der Waals surface area contributed by atoms with E-state index in [4.69, 9.17) is 22.6 Å². The molecule has 5 amide bonds. The molecule has 12 N–H and O–H groups in total. The van der Waals surface area contributed by atoms with E-state index in [9.17, 15) is 24.0 Å². The number of primary amides is 1. The molecule has 0 saturated heterocycles. The van der Waals surface area contributed by atoms with Gasteiger partial charge in [0.1, 0.15) is 18.1 Å². The molecule has 0 saturated carbocycles. The largest absolute Gasteiger partial charge is 0.370 e. The van der Waals surface area contributed by atoms with E-state index in [0.29, 0.717) is 12.8 Å². The minimum absolute atomic E-state index is 0.0120. The molecule has 0 aliphatic rings. The first-order valence-electron chi connectivity index (χ1n) is 15.2. The van der Waals surface area contributed by atoms with E-state index in [-0.39, 0.29) is 37.7 Å². The summed E-state index contributed by atoms with van der Waals surface area (Å²) in [6.07, 6.45) is 1.17. The summed E-state index contributed by atoms with van der Waals surface area (Å²) in [4.78, 5) is 64.3. The predicted octanol–water partition coefficient (Wildman–Crippen LogP) is -0.836. The van der Waals surface area contributed by atoms with E-state index in [1.807, 2.05) is 50.2 Å². The fourth-order valence-corrected chi connectivity index (χ4v) is 4.62. The van der Waals surface area contributed by atoms with Crippen LogP contribution in [0.25, 0.3) is 0 Å². The summed E-state index contributed by atoms with van der Waals surface area (Å²) < 4.78 is 0. The zero-order valence-corrected chi connectivity index (χ0v) is 26.4. The maximum Gasteiger partial charge on any atom is 0.243 e. The minimum atomic E-state index is -1.10. The van der Waals surface area contributed by atoms with Crippen molar-refractivity contribution in [2.45, 2.75) is 70.1 Å². The van der Waals surface area contributed by atoms with Crippen LogP contribution in [0.5, 0.6) is 0 Å². The average molecular weight is 638 g/mol. The van der Waals surface area contributed by atoms with Gasteiger partial charge in [-0.3, -0.25) is 29.4 Å². The Morgan fingerprint density at radius 2 is 1.26 bits per heavy atom. The number of amides is 5. The van der Waals surface area contributed by atoms with Crippen LogP contribution in [0, 0.1) is 11.3 Å². The van der Waals surface area contributed by atoms with Gasteiger partial charge in [-0.15, -0.1) is 0 Å². The fourth-order valence-electron chi connectivity index (χ4n) is 4.62. The van der Waals surface area contributed by atoms with Crippen LogP contribution < -0.4 is 43.8 Å². The highest BCUT2D eigenvalue weighted by Gasteiger charge is 2.29. The maximum absolute atomic E-state index is 13.5. The normalized spacial score (nSPS) is 13.4. The molecule has 0 bridgehead atoms. The van der Waals surface area contributed by atoms with E-state index in [1.165, 1.54) is 0 Å². The van der Waals surface area contributed by atoms with Crippen molar-refractivity contribution < 1.29 is 24.0 Å². The van der Waals surface area contributed by atoms with Crippen molar-refractivity contribution in [3.05, 3.63) is 71.8 Å². The van der Waals surface area contributed by atoms with E-state index in [1.54, 1.807) is 24.3 Å². The third-order valence-electron chi connectivity index (χ3n) is 6.98. The molecule has 2 aromatic carbocycles. The molecule has 0 fully saturated rings. The molecule has 4 atom stereocenters. The molecule has 0 heterocycles. The van der Waals surface area contributed by atoms with Gasteiger partial charge in [-0.05, 0) is 42.7 Å². The fraction of sp³-hybridized carbons (Fsp3) is 0.438. The Kier molecular flexibility index (Phi) is 15.7. The number of hydrogen-bond acceptors (Lipinski definition) is 7. The Balaban J connectivity index is 2.07. The minimum Gasteiger partial charge on any atom is -0.370 e. The van der Waals surface area contributed by atoms with Gasteiger partial charge < -0.3 is 43.8 Å². The molecule has 14 heteroatoms. The zero-order chi connectivity index (χ0) is 34.1. The first-order valence-corrected chi connectivity index (χ1v) is 15.2. The molecule has 0 radical (unpaired) electrons. The van der Waals surface area contributed by atoms with Gasteiger partial charge in [-0.1, -0.05) is 74.5 Å². The number of nitrogens with one attached hydrogen (secondary N) is 6. The monoisotopic (exact) mass is 637 g/mol. The van der Waals surface area contributed by atoms with Crippen LogP contribution in [-0.2, 0) is 36.8 Å². The molecule has 46 heavy (non-hydrogen) atoms. The van der Waals surface area contributed by atoms with Crippen molar-refractivity contribution in [2.75, 3.05) is 13.1 Å². The predicted molar refractivity (Wildman–Crippen MR) is 175 cm³/mol. The lowest BCUT2D eigenvalue weighted by molar-refractivity contribution is -0.133. The second-order valence-corrected chi connectivity index (χ2v) is 11.5. The highest BCUT2D eigenvalue weighted by molar-refractivity contribution is 5.95. The van der Waals surface area contributed by atoms with Gasteiger partial charge in [0, 0.05) is 13.0 Å². The second kappa shape index (κ2) is 19.4. The zero-order valence-electron chi connectivity index (χ0n) is 26.4. The highest BCUT2D eigenvalue weighted by Crippen LogP contribution is 2.09. The van der Waals surface area contributed by atoms with Crippen molar-refractivity contribution >= 4 is 35.5 Å². The van der Waals surface area contributed by atoms with Crippen LogP contribution in [0.4, 0.5) is 0 Å². The number of carbonyl (C=O) groups is 5. The Hall–Kier alpha value is -4.98. The number of guanidine groups is 1. The van der Waals surface area contributed by atoms with Crippen LogP contribution in [0.1, 0.15) is 44.2 Å². The van der Waals surface area contributed by atoms with Gasteiger partial charge in [0.05, 0.1) is 12.6 Å². The molecule has 0 spiro atoms. The molecule has 0 aromatic heterocycles. The van der Waals surface area contributed by atoms with Crippen LogP contribution in [0.2, 0.25) is 0 Å². The second-order valence-electron chi connectivity index (χ2n) is 11.5. The van der Waals surface area contributed by atoms with Gasteiger partial charge in [0.2, 0.25) is 29.5 Å². The summed E-state index contributed by atoms with van der Waals surface area (Å²) in [5.74, 6) is -3.37. The van der Waals surface area contributed by atoms with E-state index < -0.39 is 60.2 Å². The van der Waals surface area contributed by atoms with E-state index >= 15 is 0 Å². The number of hydrogen-bond donors (Lipinski definition) is 9. The lowest BCUT2D eigenvalue weighted by Crippen LogP contribution is -2.57. The topological polar surface area (TPSA) is 247 Å². The molecule has 0 aliphatic carbocycles. The van der Waals surface area contributed by atoms with Gasteiger partial charge in [-0.2, -0.15) is 0 Å². The Bertz CT molecular complexity index is 1310. The molecule has 2 aromatic rings. The van der Waals surface area contributed by atoms with Crippen LogP contribution in [0.3, 0.4) is 0 Å². The molecule has 14 nitrogen and oxygen atoms in total. The summed E-state index contributed by atoms with van der Waals surface area (Å²) in [5.41, 5.74) is 18.6. The molecule has 0 aliphatic heterocycles. The van der Waals surface area contributed by atoms with Crippen LogP contribution in [0.15, 0.2) is 60.7 Å². The van der Waals surface area contributed by atoms with Crippen molar-refractivity contribution in [3.63, 3.8) is 0 Å². The summed E-state index contributed by atoms with van der Waals surface area (Å²) in [6.45, 7) is 3.60. The summed E-state index contributed by atoms with van der Waals surface area (Å²) >= 11 is 0. The molecule has 0 unspecified atom stereocenters. The first kappa shape index (κ1) is 37.2. The average Bonchev–Trinajstić information content (AvgIpc) is 3.01. The summed E-state index contributed by atoms with van der Waals surface area (Å²) in [5, 5.41) is 20.5. The third kappa shape index (κ3) is 14.2. The number of benzene rings is 2. The molecular weight excluding hydrogens is 590 g/mol. The van der Waals surface area contributed by atoms with Gasteiger partial charge in [0.15, 0.2) is 5.96 Å². The van der Waals surface area contributed by atoms with E-state index in [0.717, 1.165) is 11.1 Å². The van der Waals surface area contributed by atoms with Crippen molar-refractivity contribution in [2.24, 2.45) is 23.1 Å². The van der Waals surface area contributed by atoms with Crippen LogP contribution in [-0.4, -0.2) is 72.8 Å². The highest BCUT2D eigenvalue weighted by atomic mass is 16.2. The quantitative estimate of drug-likeness (QED) is 0.0533. The SMILES string of the molecule is CC(C)C[C@H](NC(=O)CNC(=O)[C@@H](N)Cc1ccccc1)C(=O)N[C@@H](CCCNC(=N)N)C(=O)N[C@@H](Cc1ccccc1)C(N)=O. The van der Waals surface area contributed by atoms with Crippen LogP contribution >= 0.6 is 0 Å². The number of rotatable bonds is 19. The third-order valence-corrected chi connectivity index (χ3v) is 6.98. The van der Waals surface area contributed by atoms with Gasteiger partial charge in [-0.25, -0.2) is 0 Å². The Labute approximate surface area is 269 Å². The lowest BCUT2D eigenvalue weighted by Gasteiger charge is -2.26. The first-order chi connectivity index (χ1) is 21.8. The molecular formula is C32H47N9O5. The summed E-state index contributed by atoms with van der Waals surface area (Å²) in [6, 6.07) is 14.2. The van der Waals surface area contributed by atoms with Gasteiger partial charge in [0.25, 0.3) is 0 Å². The van der Waals surface area contributed by atoms with Crippen molar-refractivity contribution in [3.8, 4) is 0 Å². The Morgan fingerprint density at radius 3 is 1.80 bits per heavy atom. The maximum atomic E-state index is 13.5. The van der Waals surface area contributed by atoms with Crippen molar-refractivity contribution in [1.29, 1.82) is 5.41 Å². The standard InChI is InChI=1S/C32H47N9O5/c1-20(2)16-26(39-27(42)19-38-29(44)23(33)17-21-10-5-3-6-11-21)31(46)40-24(14-9-15-37-32(35)36)30(45)41-25(28(34)43)18-22-12-7-4-8-13-22/h3-8,10-13,20,23-26H,9,14-19,33H2,1-2H3,(H2,34,43)(H,38,44)(H,39,42)(H,40,46)(H,41,45)(H4,35,36,37)/t23-,24-,25-,26-/m0/s1. The number of carbonyl (C=O) groups excluding carboxylic acids is 5. The Morgan fingerprint density at radius 1 is 0.717 bits per heavy atom. The summed E-state index contributed by atoms with van der Waals surface area (Å²) in [7, 11) is 0. The van der Waals surface area contributed by atoms with E-state index in [2.05, 4.69) is 26.6 Å². The van der Waals surface area contributed by atoms with Crippen molar-refractivity contribution in [1.82, 2.24) is 26.6 Å². The smallest absolute Gasteiger partial charge is 0.243 e.